The molecule has 0 unspecified atom stereocenters. The molecule has 0 heterocycles. The molecular formula is C12H27ClSi. The van der Waals surface area contributed by atoms with Crippen LogP contribution < -0.4 is 0 Å². The predicted octanol–water partition coefficient (Wildman–Crippen LogP) is 4.83. The summed E-state index contributed by atoms with van der Waals surface area (Å²) in [6, 6.07) is 2.99. The van der Waals surface area contributed by atoms with Crippen molar-refractivity contribution in [1.82, 2.24) is 0 Å². The molecule has 0 saturated heterocycles. The van der Waals surface area contributed by atoms with E-state index in [0.717, 1.165) is 5.88 Å². The molecule has 0 spiro atoms. The molecule has 0 aromatic carbocycles. The van der Waals surface area contributed by atoms with Crippen molar-refractivity contribution in [2.75, 3.05) is 5.88 Å². The first-order chi connectivity index (χ1) is 6.58. The number of rotatable bonds is 8. The summed E-state index contributed by atoms with van der Waals surface area (Å²) in [4.78, 5) is 0. The number of halogens is 1. The summed E-state index contributed by atoms with van der Waals surface area (Å²) in [5.41, 5.74) is 0. The minimum absolute atomic E-state index is 0.464. The summed E-state index contributed by atoms with van der Waals surface area (Å²) in [5, 5.41) is 0.464. The van der Waals surface area contributed by atoms with Crippen LogP contribution in [0, 0.1) is 0 Å². The SMILES string of the molecule is CCCC[SiH](CCCC)C(C)(C)CCl. The third-order valence-corrected chi connectivity index (χ3v) is 8.83. The van der Waals surface area contributed by atoms with E-state index < -0.39 is 8.80 Å². The zero-order chi connectivity index (χ0) is 11.0. The maximum Gasteiger partial charge on any atom is 0.0441 e. The van der Waals surface area contributed by atoms with Gasteiger partial charge in [-0.2, -0.15) is 0 Å². The molecule has 0 N–H and O–H groups in total. The fourth-order valence-corrected chi connectivity index (χ4v) is 6.46. The van der Waals surface area contributed by atoms with Gasteiger partial charge in [0.05, 0.1) is 0 Å². The lowest BCUT2D eigenvalue weighted by atomic mass is 10.2. The van der Waals surface area contributed by atoms with Crippen molar-refractivity contribution in [3.8, 4) is 0 Å². The van der Waals surface area contributed by atoms with Crippen molar-refractivity contribution in [3.05, 3.63) is 0 Å². The minimum atomic E-state index is -0.610. The normalized spacial score (nSPS) is 12.4. The van der Waals surface area contributed by atoms with E-state index in [0.29, 0.717) is 5.04 Å². The van der Waals surface area contributed by atoms with E-state index in [4.69, 9.17) is 11.6 Å². The molecule has 14 heavy (non-hydrogen) atoms. The van der Waals surface area contributed by atoms with Gasteiger partial charge in [0.15, 0.2) is 0 Å². The molecule has 0 aliphatic rings. The molecule has 0 amide bonds. The first-order valence-electron chi connectivity index (χ1n) is 6.14. The van der Waals surface area contributed by atoms with Gasteiger partial charge in [-0.15, -0.1) is 11.6 Å². The lowest BCUT2D eigenvalue weighted by Gasteiger charge is -2.31. The highest BCUT2D eigenvalue weighted by molar-refractivity contribution is 6.63. The maximum atomic E-state index is 6.08. The number of hydrogen-bond donors (Lipinski definition) is 0. The quantitative estimate of drug-likeness (QED) is 0.417. The van der Waals surface area contributed by atoms with Gasteiger partial charge in [0.2, 0.25) is 0 Å². The second kappa shape index (κ2) is 7.75. The summed E-state index contributed by atoms with van der Waals surface area (Å²) in [6.07, 6.45) is 5.52. The second-order valence-electron chi connectivity index (χ2n) is 5.10. The van der Waals surface area contributed by atoms with E-state index in [2.05, 4.69) is 27.7 Å². The molecule has 2 heteroatoms. The van der Waals surface area contributed by atoms with Crippen LogP contribution in [0.25, 0.3) is 0 Å². The molecule has 0 aromatic rings. The molecule has 0 aromatic heterocycles. The van der Waals surface area contributed by atoms with Crippen LogP contribution in [0.3, 0.4) is 0 Å². The average Bonchev–Trinajstić information content (AvgIpc) is 2.17. The minimum Gasteiger partial charge on any atom is -0.126 e. The third kappa shape index (κ3) is 5.40. The first kappa shape index (κ1) is 14.5. The van der Waals surface area contributed by atoms with Gasteiger partial charge in [-0.25, -0.2) is 0 Å². The van der Waals surface area contributed by atoms with Gasteiger partial charge in [-0.05, 0) is 5.04 Å². The average molecular weight is 235 g/mol. The molecule has 0 radical (unpaired) electrons. The van der Waals surface area contributed by atoms with Gasteiger partial charge in [0.25, 0.3) is 0 Å². The Kier molecular flexibility index (Phi) is 8.03. The lowest BCUT2D eigenvalue weighted by Crippen LogP contribution is -2.29. The largest absolute Gasteiger partial charge is 0.126 e. The fourth-order valence-electron chi connectivity index (χ4n) is 1.94. The Morgan fingerprint density at radius 1 is 1.00 bits per heavy atom. The number of alkyl halides is 1. The van der Waals surface area contributed by atoms with Crippen molar-refractivity contribution < 1.29 is 0 Å². The van der Waals surface area contributed by atoms with E-state index in [1.807, 2.05) is 0 Å². The Bertz CT molecular complexity index is 126. The Hall–Kier alpha value is 0.507. The van der Waals surface area contributed by atoms with Crippen LogP contribution in [-0.2, 0) is 0 Å². The molecule has 86 valence electrons. The lowest BCUT2D eigenvalue weighted by molar-refractivity contribution is 0.708. The summed E-state index contributed by atoms with van der Waals surface area (Å²) < 4.78 is 0. The van der Waals surface area contributed by atoms with Gasteiger partial charge < -0.3 is 0 Å². The third-order valence-electron chi connectivity index (χ3n) is 3.26. The van der Waals surface area contributed by atoms with Crippen LogP contribution >= 0.6 is 11.6 Å². The van der Waals surface area contributed by atoms with Gasteiger partial charge in [0.1, 0.15) is 0 Å². The second-order valence-corrected chi connectivity index (χ2v) is 9.48. The van der Waals surface area contributed by atoms with E-state index in [1.54, 1.807) is 0 Å². The van der Waals surface area contributed by atoms with Crippen LogP contribution in [0.4, 0.5) is 0 Å². The first-order valence-corrected chi connectivity index (χ1v) is 8.89. The van der Waals surface area contributed by atoms with Crippen molar-refractivity contribution in [2.24, 2.45) is 0 Å². The highest BCUT2D eigenvalue weighted by Gasteiger charge is 2.28. The molecule has 0 bridgehead atoms. The Morgan fingerprint density at radius 2 is 1.43 bits per heavy atom. The van der Waals surface area contributed by atoms with Crippen LogP contribution in [0.15, 0.2) is 0 Å². The van der Waals surface area contributed by atoms with Crippen molar-refractivity contribution >= 4 is 20.4 Å². The van der Waals surface area contributed by atoms with E-state index in [-0.39, 0.29) is 0 Å². The van der Waals surface area contributed by atoms with Gasteiger partial charge in [-0.3, -0.25) is 0 Å². The molecule has 0 aliphatic heterocycles. The molecule has 0 saturated carbocycles. The van der Waals surface area contributed by atoms with Crippen LogP contribution in [0.5, 0.6) is 0 Å². The number of hydrogen-bond acceptors (Lipinski definition) is 0. The standard InChI is InChI=1S/C12H27ClSi/c1-5-7-9-14(10-8-6-2)12(3,4)11-13/h14H,5-11H2,1-4H3. The number of unbranched alkanes of at least 4 members (excludes halogenated alkanes) is 2. The highest BCUT2D eigenvalue weighted by Crippen LogP contribution is 2.35. The summed E-state index contributed by atoms with van der Waals surface area (Å²) in [5.74, 6) is 0.858. The predicted molar refractivity (Wildman–Crippen MR) is 71.3 cm³/mol. The summed E-state index contributed by atoms with van der Waals surface area (Å²) >= 11 is 6.08. The Balaban J connectivity index is 4.08. The zero-order valence-corrected chi connectivity index (χ0v) is 12.3. The topological polar surface area (TPSA) is 0 Å². The molecule has 0 aliphatic carbocycles. The smallest absolute Gasteiger partial charge is 0.0441 e. The monoisotopic (exact) mass is 234 g/mol. The molecular weight excluding hydrogens is 208 g/mol. The van der Waals surface area contributed by atoms with Crippen molar-refractivity contribution in [2.45, 2.75) is 70.5 Å². The Labute approximate surface area is 97.0 Å². The molecule has 0 rings (SSSR count). The Morgan fingerprint density at radius 3 is 1.71 bits per heavy atom. The maximum absolute atomic E-state index is 6.08. The highest BCUT2D eigenvalue weighted by atomic mass is 35.5. The molecule has 0 nitrogen and oxygen atoms in total. The molecule has 0 atom stereocenters. The van der Waals surface area contributed by atoms with E-state index in [1.165, 1.54) is 37.8 Å². The fraction of sp³-hybridized carbons (Fsp3) is 1.00. The van der Waals surface area contributed by atoms with Crippen LogP contribution in [0.2, 0.25) is 17.1 Å². The van der Waals surface area contributed by atoms with Crippen LogP contribution in [-0.4, -0.2) is 14.7 Å². The van der Waals surface area contributed by atoms with Gasteiger partial charge in [-0.1, -0.05) is 65.5 Å². The van der Waals surface area contributed by atoms with E-state index >= 15 is 0 Å². The van der Waals surface area contributed by atoms with Gasteiger partial charge in [0, 0.05) is 14.7 Å². The van der Waals surface area contributed by atoms with Gasteiger partial charge >= 0.3 is 0 Å². The van der Waals surface area contributed by atoms with Crippen LogP contribution in [0.1, 0.15) is 53.4 Å². The van der Waals surface area contributed by atoms with E-state index in [9.17, 15) is 0 Å². The summed E-state index contributed by atoms with van der Waals surface area (Å²) in [7, 11) is -0.610. The molecule has 0 fully saturated rings. The summed E-state index contributed by atoms with van der Waals surface area (Å²) in [6.45, 7) is 9.34. The van der Waals surface area contributed by atoms with Crippen molar-refractivity contribution in [1.29, 1.82) is 0 Å². The van der Waals surface area contributed by atoms with Crippen molar-refractivity contribution in [3.63, 3.8) is 0 Å². The zero-order valence-electron chi connectivity index (χ0n) is 10.4.